The maximum absolute atomic E-state index is 13.9. The SMILES string of the molecule is CC/C=C/[C@H]1CO[C@H]([C@H]2CO[C@H](c3cc(F)c(OC(F)F)c(F)c3)OC2)OC1. The van der Waals surface area contributed by atoms with Crippen LogP contribution < -0.4 is 4.74 Å². The van der Waals surface area contributed by atoms with E-state index in [-0.39, 0.29) is 30.6 Å². The average Bonchev–Trinajstić information content (AvgIpc) is 2.69. The first-order chi connectivity index (χ1) is 13.5. The summed E-state index contributed by atoms with van der Waals surface area (Å²) >= 11 is 0. The zero-order chi connectivity index (χ0) is 20.1. The van der Waals surface area contributed by atoms with Gasteiger partial charge in [-0.3, -0.25) is 0 Å². The van der Waals surface area contributed by atoms with Crippen molar-refractivity contribution >= 4 is 0 Å². The Kier molecular flexibility index (Phi) is 7.28. The zero-order valence-corrected chi connectivity index (χ0v) is 15.3. The van der Waals surface area contributed by atoms with E-state index in [0.717, 1.165) is 18.6 Å². The summed E-state index contributed by atoms with van der Waals surface area (Å²) < 4.78 is 78.5. The highest BCUT2D eigenvalue weighted by molar-refractivity contribution is 5.32. The molecular formula is C19H22F4O5. The van der Waals surface area contributed by atoms with Crippen molar-refractivity contribution in [3.63, 3.8) is 0 Å². The van der Waals surface area contributed by atoms with Crippen LogP contribution in [0.4, 0.5) is 17.6 Å². The molecule has 0 radical (unpaired) electrons. The van der Waals surface area contributed by atoms with Crippen molar-refractivity contribution in [1.82, 2.24) is 0 Å². The summed E-state index contributed by atoms with van der Waals surface area (Å²) in [4.78, 5) is 0. The van der Waals surface area contributed by atoms with Gasteiger partial charge in [-0.05, 0) is 18.6 Å². The third-order valence-electron chi connectivity index (χ3n) is 4.40. The first kappa shape index (κ1) is 21.0. The lowest BCUT2D eigenvalue weighted by Gasteiger charge is -2.37. The molecule has 5 nitrogen and oxygen atoms in total. The van der Waals surface area contributed by atoms with Crippen LogP contribution in [-0.4, -0.2) is 39.3 Å². The van der Waals surface area contributed by atoms with E-state index in [2.05, 4.69) is 16.9 Å². The van der Waals surface area contributed by atoms with Crippen molar-refractivity contribution in [3.8, 4) is 5.75 Å². The van der Waals surface area contributed by atoms with Gasteiger partial charge in [-0.1, -0.05) is 19.1 Å². The Balaban J connectivity index is 1.54. The van der Waals surface area contributed by atoms with Gasteiger partial charge in [0.25, 0.3) is 0 Å². The van der Waals surface area contributed by atoms with Gasteiger partial charge in [0.15, 0.2) is 30.0 Å². The van der Waals surface area contributed by atoms with E-state index in [9.17, 15) is 17.6 Å². The Morgan fingerprint density at radius 3 is 2.18 bits per heavy atom. The molecule has 0 saturated carbocycles. The third-order valence-corrected chi connectivity index (χ3v) is 4.40. The van der Waals surface area contributed by atoms with E-state index in [4.69, 9.17) is 18.9 Å². The smallest absolute Gasteiger partial charge is 0.387 e. The fourth-order valence-electron chi connectivity index (χ4n) is 3.03. The van der Waals surface area contributed by atoms with Crippen LogP contribution in [0, 0.1) is 23.5 Å². The number of ether oxygens (including phenoxy) is 5. The molecule has 156 valence electrons. The molecular weight excluding hydrogens is 384 g/mol. The van der Waals surface area contributed by atoms with Crippen LogP contribution in [0.3, 0.4) is 0 Å². The van der Waals surface area contributed by atoms with Crippen LogP contribution in [0.25, 0.3) is 0 Å². The average molecular weight is 406 g/mol. The molecule has 2 aliphatic heterocycles. The summed E-state index contributed by atoms with van der Waals surface area (Å²) in [6.45, 7) is 0.179. The Morgan fingerprint density at radius 2 is 1.64 bits per heavy atom. The molecule has 0 aliphatic carbocycles. The maximum Gasteiger partial charge on any atom is 0.387 e. The van der Waals surface area contributed by atoms with E-state index >= 15 is 0 Å². The van der Waals surface area contributed by atoms with Crippen molar-refractivity contribution in [2.45, 2.75) is 32.5 Å². The van der Waals surface area contributed by atoms with E-state index in [0.29, 0.717) is 13.2 Å². The lowest BCUT2D eigenvalue weighted by Crippen LogP contribution is -2.42. The number of benzene rings is 1. The van der Waals surface area contributed by atoms with E-state index < -0.39 is 36.6 Å². The van der Waals surface area contributed by atoms with Gasteiger partial charge in [0.2, 0.25) is 0 Å². The molecule has 0 amide bonds. The predicted molar refractivity (Wildman–Crippen MR) is 89.7 cm³/mol. The van der Waals surface area contributed by atoms with Gasteiger partial charge in [0, 0.05) is 11.5 Å². The molecule has 2 saturated heterocycles. The van der Waals surface area contributed by atoms with Gasteiger partial charge in [0.05, 0.1) is 32.3 Å². The quantitative estimate of drug-likeness (QED) is 0.524. The van der Waals surface area contributed by atoms with Gasteiger partial charge < -0.3 is 23.7 Å². The molecule has 0 bridgehead atoms. The first-order valence-electron chi connectivity index (χ1n) is 9.04. The number of halogens is 4. The van der Waals surface area contributed by atoms with E-state index in [1.165, 1.54) is 0 Å². The van der Waals surface area contributed by atoms with Crippen LogP contribution in [0.1, 0.15) is 25.2 Å². The Hall–Kier alpha value is -1.68. The molecule has 1 aromatic carbocycles. The second-order valence-corrected chi connectivity index (χ2v) is 6.58. The molecule has 0 spiro atoms. The lowest BCUT2D eigenvalue weighted by atomic mass is 10.1. The maximum atomic E-state index is 13.9. The number of rotatable bonds is 6. The second-order valence-electron chi connectivity index (χ2n) is 6.58. The van der Waals surface area contributed by atoms with Gasteiger partial charge in [-0.2, -0.15) is 8.78 Å². The molecule has 9 heteroatoms. The molecule has 2 heterocycles. The third kappa shape index (κ3) is 5.22. The highest BCUT2D eigenvalue weighted by Gasteiger charge is 2.34. The summed E-state index contributed by atoms with van der Waals surface area (Å²) in [5, 5.41) is 0. The van der Waals surface area contributed by atoms with Crippen LogP contribution in [0.15, 0.2) is 24.3 Å². The summed E-state index contributed by atoms with van der Waals surface area (Å²) in [5.41, 5.74) is 0.0327. The first-order valence-corrected chi connectivity index (χ1v) is 9.04. The fraction of sp³-hybridized carbons (Fsp3) is 0.579. The molecule has 2 fully saturated rings. The van der Waals surface area contributed by atoms with E-state index in [1.807, 2.05) is 6.92 Å². The molecule has 28 heavy (non-hydrogen) atoms. The molecule has 3 rings (SSSR count). The van der Waals surface area contributed by atoms with Gasteiger partial charge in [-0.15, -0.1) is 0 Å². The van der Waals surface area contributed by atoms with Crippen LogP contribution >= 0.6 is 0 Å². The van der Waals surface area contributed by atoms with Crippen molar-refractivity contribution in [3.05, 3.63) is 41.5 Å². The second kappa shape index (κ2) is 9.69. The number of hydrogen-bond acceptors (Lipinski definition) is 5. The Morgan fingerprint density at radius 1 is 1.04 bits per heavy atom. The van der Waals surface area contributed by atoms with Crippen LogP contribution in [-0.2, 0) is 18.9 Å². The number of hydrogen-bond donors (Lipinski definition) is 0. The van der Waals surface area contributed by atoms with Crippen molar-refractivity contribution < 1.29 is 41.2 Å². The summed E-state index contributed by atoms with van der Waals surface area (Å²) in [7, 11) is 0. The minimum Gasteiger partial charge on any atom is -0.429 e. The molecule has 0 atom stereocenters. The van der Waals surface area contributed by atoms with Crippen molar-refractivity contribution in [1.29, 1.82) is 0 Å². The summed E-state index contributed by atoms with van der Waals surface area (Å²) in [5.74, 6) is -3.63. The fourth-order valence-corrected chi connectivity index (χ4v) is 3.03. The number of allylic oxidation sites excluding steroid dienone is 1. The molecule has 0 N–H and O–H groups in total. The van der Waals surface area contributed by atoms with Gasteiger partial charge >= 0.3 is 6.61 Å². The number of alkyl halides is 2. The summed E-state index contributed by atoms with van der Waals surface area (Å²) in [6.07, 6.45) is 3.56. The highest BCUT2D eigenvalue weighted by atomic mass is 19.3. The Labute approximate surface area is 160 Å². The van der Waals surface area contributed by atoms with Gasteiger partial charge in [-0.25, -0.2) is 8.78 Å². The predicted octanol–water partition coefficient (Wildman–Crippen LogP) is 4.18. The molecule has 0 aromatic heterocycles. The highest BCUT2D eigenvalue weighted by Crippen LogP contribution is 2.33. The van der Waals surface area contributed by atoms with Crippen LogP contribution in [0.2, 0.25) is 0 Å². The normalized spacial score (nSPS) is 28.8. The van der Waals surface area contributed by atoms with Crippen molar-refractivity contribution in [2.75, 3.05) is 26.4 Å². The largest absolute Gasteiger partial charge is 0.429 e. The molecule has 2 aliphatic rings. The topological polar surface area (TPSA) is 46.2 Å². The minimum absolute atomic E-state index is 0.0327. The standard InChI is InChI=1S/C19H22F4O5/c1-2-3-4-11-7-24-18(25-8-11)13-9-26-17(27-10-13)12-5-14(20)16(15(21)6-12)28-19(22)23/h3-6,11,13,17-19H,2,7-10H2,1H3/b4-3+/t11-,13-,17-,18-. The van der Waals surface area contributed by atoms with Gasteiger partial charge in [0.1, 0.15) is 0 Å². The van der Waals surface area contributed by atoms with E-state index in [1.54, 1.807) is 0 Å². The summed E-state index contributed by atoms with van der Waals surface area (Å²) in [6, 6.07) is 1.70. The minimum atomic E-state index is -3.33. The van der Waals surface area contributed by atoms with Crippen LogP contribution in [0.5, 0.6) is 5.75 Å². The molecule has 1 aromatic rings. The molecule has 0 unspecified atom stereocenters. The lowest BCUT2D eigenvalue weighted by molar-refractivity contribution is -0.280. The Bertz CT molecular complexity index is 645. The van der Waals surface area contributed by atoms with Crippen molar-refractivity contribution in [2.24, 2.45) is 11.8 Å². The zero-order valence-electron chi connectivity index (χ0n) is 15.3. The monoisotopic (exact) mass is 406 g/mol.